The number of amides is 3. The van der Waals surface area contributed by atoms with Crippen molar-refractivity contribution in [3.8, 4) is 0 Å². The second kappa shape index (κ2) is 10.7. The number of imide groups is 1. The molecule has 2 aromatic carbocycles. The van der Waals surface area contributed by atoms with Crippen molar-refractivity contribution in [2.45, 2.75) is 39.3 Å². The highest BCUT2D eigenvalue weighted by Crippen LogP contribution is 2.24. The molecular weight excluding hydrogens is 464 g/mol. The highest BCUT2D eigenvalue weighted by atomic mass is 16.5. The van der Waals surface area contributed by atoms with Crippen LogP contribution in [0.5, 0.6) is 0 Å². The Morgan fingerprint density at radius 1 is 0.944 bits per heavy atom. The third-order valence-corrected chi connectivity index (χ3v) is 6.47. The maximum atomic E-state index is 12.7. The fraction of sp³-hybridized carbons (Fsp3) is 0.370. The average molecular weight is 493 g/mol. The Kier molecular flexibility index (Phi) is 7.47. The molecule has 0 N–H and O–H groups in total. The van der Waals surface area contributed by atoms with Crippen molar-refractivity contribution in [1.82, 2.24) is 9.80 Å². The van der Waals surface area contributed by atoms with E-state index < -0.39 is 12.1 Å². The third-order valence-electron chi connectivity index (χ3n) is 6.47. The molecule has 36 heavy (non-hydrogen) atoms. The minimum Gasteiger partial charge on any atom is -0.466 e. The molecule has 3 amide bonds. The number of ether oxygens (including phenoxy) is 2. The molecular formula is C27H28N2O7. The number of rotatable bonds is 7. The van der Waals surface area contributed by atoms with Gasteiger partial charge in [0.1, 0.15) is 0 Å². The zero-order valence-corrected chi connectivity index (χ0v) is 20.3. The van der Waals surface area contributed by atoms with E-state index in [0.29, 0.717) is 49.2 Å². The number of hydrogen-bond acceptors (Lipinski definition) is 7. The molecule has 9 nitrogen and oxygen atoms in total. The van der Waals surface area contributed by atoms with Gasteiger partial charge in [-0.25, -0.2) is 4.79 Å². The number of piperidine rings is 1. The molecule has 1 fully saturated rings. The zero-order valence-electron chi connectivity index (χ0n) is 20.3. The van der Waals surface area contributed by atoms with Gasteiger partial charge in [0.05, 0.1) is 35.8 Å². The second-order valence-electron chi connectivity index (χ2n) is 8.84. The standard InChI is InChI=1S/C27H28N2O7/c1-3-35-26(33)20-12-14-28(15-13-20)23(30)17(2)36-27(34)19-10-8-18(9-11-19)16-29-24(31)21-6-4-5-7-22(21)25(29)32/h4-11,17,20H,3,12-16H2,1-2H3. The van der Waals surface area contributed by atoms with Gasteiger partial charge in [0, 0.05) is 13.1 Å². The molecule has 188 valence electrons. The number of likely N-dealkylation sites (tertiary alicyclic amines) is 1. The number of esters is 2. The highest BCUT2D eigenvalue weighted by Gasteiger charge is 2.35. The number of fused-ring (bicyclic) bond motifs is 1. The van der Waals surface area contributed by atoms with Crippen molar-refractivity contribution in [2.75, 3.05) is 19.7 Å². The fourth-order valence-electron chi connectivity index (χ4n) is 4.44. The van der Waals surface area contributed by atoms with Gasteiger partial charge in [0.25, 0.3) is 17.7 Å². The van der Waals surface area contributed by atoms with E-state index in [0.717, 1.165) is 0 Å². The van der Waals surface area contributed by atoms with Crippen LogP contribution in [-0.4, -0.2) is 65.3 Å². The maximum absolute atomic E-state index is 12.7. The van der Waals surface area contributed by atoms with Crippen LogP contribution in [0.15, 0.2) is 48.5 Å². The SMILES string of the molecule is CCOC(=O)C1CCN(C(=O)C(C)OC(=O)c2ccc(CN3C(=O)c4ccccc4C3=O)cc2)CC1. The Morgan fingerprint density at radius 2 is 1.53 bits per heavy atom. The van der Waals surface area contributed by atoms with Crippen LogP contribution in [0.2, 0.25) is 0 Å². The Labute approximate surface area is 209 Å². The van der Waals surface area contributed by atoms with Gasteiger partial charge in [-0.3, -0.25) is 24.1 Å². The zero-order chi connectivity index (χ0) is 25.8. The minimum atomic E-state index is -0.977. The van der Waals surface area contributed by atoms with Gasteiger partial charge in [0.2, 0.25) is 0 Å². The number of carbonyl (C=O) groups is 5. The predicted molar refractivity (Wildman–Crippen MR) is 128 cm³/mol. The smallest absolute Gasteiger partial charge is 0.338 e. The average Bonchev–Trinajstić information content (AvgIpc) is 3.13. The van der Waals surface area contributed by atoms with Gasteiger partial charge in [-0.2, -0.15) is 0 Å². The van der Waals surface area contributed by atoms with E-state index in [4.69, 9.17) is 9.47 Å². The number of nitrogens with zero attached hydrogens (tertiary/aromatic N) is 2. The largest absolute Gasteiger partial charge is 0.466 e. The van der Waals surface area contributed by atoms with E-state index in [9.17, 15) is 24.0 Å². The molecule has 0 aromatic heterocycles. The summed E-state index contributed by atoms with van der Waals surface area (Å²) in [7, 11) is 0. The van der Waals surface area contributed by atoms with Gasteiger partial charge >= 0.3 is 11.9 Å². The Morgan fingerprint density at radius 3 is 2.08 bits per heavy atom. The summed E-state index contributed by atoms with van der Waals surface area (Å²) in [4.78, 5) is 65.1. The molecule has 4 rings (SSSR count). The molecule has 9 heteroatoms. The van der Waals surface area contributed by atoms with Crippen LogP contribution in [-0.2, 0) is 25.6 Å². The van der Waals surface area contributed by atoms with Gasteiger partial charge < -0.3 is 14.4 Å². The summed E-state index contributed by atoms with van der Waals surface area (Å²) >= 11 is 0. The van der Waals surface area contributed by atoms with Crippen LogP contribution in [0, 0.1) is 5.92 Å². The lowest BCUT2D eigenvalue weighted by molar-refractivity contribution is -0.152. The van der Waals surface area contributed by atoms with Gasteiger partial charge in [0.15, 0.2) is 6.10 Å². The number of carbonyl (C=O) groups excluding carboxylic acids is 5. The van der Waals surface area contributed by atoms with Crippen molar-refractivity contribution in [1.29, 1.82) is 0 Å². The third kappa shape index (κ3) is 5.15. The lowest BCUT2D eigenvalue weighted by atomic mass is 9.97. The van der Waals surface area contributed by atoms with E-state index in [1.807, 2.05) is 0 Å². The van der Waals surface area contributed by atoms with Crippen molar-refractivity contribution in [2.24, 2.45) is 5.92 Å². The molecule has 1 unspecified atom stereocenters. The van der Waals surface area contributed by atoms with Crippen molar-refractivity contribution in [3.63, 3.8) is 0 Å². The lowest BCUT2D eigenvalue weighted by Gasteiger charge is -2.32. The number of hydrogen-bond donors (Lipinski definition) is 0. The van der Waals surface area contributed by atoms with Crippen molar-refractivity contribution in [3.05, 3.63) is 70.8 Å². The van der Waals surface area contributed by atoms with Crippen LogP contribution in [0.3, 0.4) is 0 Å². The minimum absolute atomic E-state index is 0.0817. The summed E-state index contributed by atoms with van der Waals surface area (Å²) in [5.41, 5.74) is 1.69. The molecule has 1 atom stereocenters. The normalized spacial score (nSPS) is 16.5. The van der Waals surface area contributed by atoms with E-state index in [-0.39, 0.29) is 41.7 Å². The van der Waals surface area contributed by atoms with Crippen molar-refractivity contribution < 1.29 is 33.4 Å². The second-order valence-corrected chi connectivity index (χ2v) is 8.84. The number of benzene rings is 2. The fourth-order valence-corrected chi connectivity index (χ4v) is 4.44. The first-order valence-corrected chi connectivity index (χ1v) is 12.0. The molecule has 0 saturated carbocycles. The molecule has 2 aliphatic heterocycles. The van der Waals surface area contributed by atoms with Crippen molar-refractivity contribution >= 4 is 29.7 Å². The molecule has 0 spiro atoms. The first-order valence-electron chi connectivity index (χ1n) is 12.0. The lowest BCUT2D eigenvalue weighted by Crippen LogP contribution is -2.45. The van der Waals surface area contributed by atoms with Crippen LogP contribution < -0.4 is 0 Å². The molecule has 0 aliphatic carbocycles. The first kappa shape index (κ1) is 25.1. The van der Waals surface area contributed by atoms with E-state index in [1.165, 1.54) is 24.0 Å². The Balaban J connectivity index is 1.30. The predicted octanol–water partition coefficient (Wildman–Crippen LogP) is 2.83. The Hall–Kier alpha value is -4.01. The summed E-state index contributed by atoms with van der Waals surface area (Å²) in [6.07, 6.45) is 0.0502. The van der Waals surface area contributed by atoms with E-state index in [1.54, 1.807) is 48.2 Å². The van der Waals surface area contributed by atoms with Crippen LogP contribution in [0.25, 0.3) is 0 Å². The molecule has 2 aliphatic rings. The van der Waals surface area contributed by atoms with E-state index in [2.05, 4.69) is 0 Å². The molecule has 0 radical (unpaired) electrons. The summed E-state index contributed by atoms with van der Waals surface area (Å²) in [6.45, 7) is 4.49. The molecule has 2 aromatic rings. The quantitative estimate of drug-likeness (QED) is 0.432. The topological polar surface area (TPSA) is 110 Å². The van der Waals surface area contributed by atoms with Gasteiger partial charge in [-0.1, -0.05) is 24.3 Å². The van der Waals surface area contributed by atoms with Gasteiger partial charge in [-0.15, -0.1) is 0 Å². The summed E-state index contributed by atoms with van der Waals surface area (Å²) in [5, 5.41) is 0. The Bertz CT molecular complexity index is 1150. The van der Waals surface area contributed by atoms with Crippen LogP contribution in [0.4, 0.5) is 0 Å². The van der Waals surface area contributed by atoms with Crippen LogP contribution in [0.1, 0.15) is 63.3 Å². The summed E-state index contributed by atoms with van der Waals surface area (Å²) in [5.74, 6) is -2.12. The first-order chi connectivity index (χ1) is 17.3. The monoisotopic (exact) mass is 492 g/mol. The summed E-state index contributed by atoms with van der Waals surface area (Å²) < 4.78 is 10.4. The van der Waals surface area contributed by atoms with Gasteiger partial charge in [-0.05, 0) is 56.5 Å². The van der Waals surface area contributed by atoms with E-state index >= 15 is 0 Å². The molecule has 2 heterocycles. The molecule has 0 bridgehead atoms. The van der Waals surface area contributed by atoms with Crippen LogP contribution >= 0.6 is 0 Å². The molecule has 1 saturated heterocycles. The summed E-state index contributed by atoms with van der Waals surface area (Å²) in [6, 6.07) is 13.0. The highest BCUT2D eigenvalue weighted by molar-refractivity contribution is 6.21. The maximum Gasteiger partial charge on any atom is 0.338 e.